The molecular weight excluding hydrogens is 246 g/mol. The van der Waals surface area contributed by atoms with Crippen molar-refractivity contribution in [2.75, 3.05) is 6.54 Å². The zero-order valence-electron chi connectivity index (χ0n) is 8.84. The first kappa shape index (κ1) is 11.7. The summed E-state index contributed by atoms with van der Waals surface area (Å²) in [5.41, 5.74) is 0. The summed E-state index contributed by atoms with van der Waals surface area (Å²) in [5, 5.41) is 8.98. The molecule has 0 bridgehead atoms. The van der Waals surface area contributed by atoms with Gasteiger partial charge in [-0.3, -0.25) is 4.79 Å². The van der Waals surface area contributed by atoms with E-state index in [1.807, 2.05) is 4.57 Å². The van der Waals surface area contributed by atoms with E-state index in [4.69, 9.17) is 16.7 Å². The van der Waals surface area contributed by atoms with Gasteiger partial charge in [-0.2, -0.15) is 0 Å². The van der Waals surface area contributed by atoms with Gasteiger partial charge in [-0.25, -0.2) is 9.78 Å². The normalized spacial score (nSPS) is 15.0. The number of amides is 1. The summed E-state index contributed by atoms with van der Waals surface area (Å²) in [6.45, 7) is 1.40. The molecule has 0 atom stereocenters. The lowest BCUT2D eigenvalue weighted by Crippen LogP contribution is -2.37. The average molecular weight is 256 g/mol. The SMILES string of the molecule is O=C(O)/C=C/C(=O)N1CCn2c(Cl)cnc2C1. The monoisotopic (exact) mass is 255 g/mol. The van der Waals surface area contributed by atoms with Crippen LogP contribution in [0.4, 0.5) is 0 Å². The van der Waals surface area contributed by atoms with Gasteiger partial charge in [0.25, 0.3) is 0 Å². The zero-order valence-corrected chi connectivity index (χ0v) is 9.59. The molecule has 1 aromatic heterocycles. The highest BCUT2D eigenvalue weighted by molar-refractivity contribution is 6.29. The quantitative estimate of drug-likeness (QED) is 0.782. The number of aliphatic carboxylic acids is 1. The van der Waals surface area contributed by atoms with E-state index in [-0.39, 0.29) is 5.91 Å². The third-order valence-electron chi connectivity index (χ3n) is 2.50. The molecule has 1 N–H and O–H groups in total. The zero-order chi connectivity index (χ0) is 12.4. The van der Waals surface area contributed by atoms with Crippen LogP contribution in [0.25, 0.3) is 0 Å². The van der Waals surface area contributed by atoms with E-state index in [2.05, 4.69) is 4.98 Å². The van der Waals surface area contributed by atoms with Crippen LogP contribution in [0.1, 0.15) is 5.82 Å². The summed E-state index contributed by atoms with van der Waals surface area (Å²) in [5.74, 6) is -0.768. The third-order valence-corrected chi connectivity index (χ3v) is 2.80. The van der Waals surface area contributed by atoms with Crippen molar-refractivity contribution in [3.05, 3.63) is 29.3 Å². The van der Waals surface area contributed by atoms with Crippen molar-refractivity contribution >= 4 is 23.5 Å². The largest absolute Gasteiger partial charge is 0.478 e. The second-order valence-corrected chi connectivity index (χ2v) is 3.97. The second-order valence-electron chi connectivity index (χ2n) is 3.58. The summed E-state index contributed by atoms with van der Waals surface area (Å²) in [4.78, 5) is 27.5. The van der Waals surface area contributed by atoms with Gasteiger partial charge in [0.05, 0.1) is 12.7 Å². The number of halogens is 1. The first-order valence-electron chi connectivity index (χ1n) is 4.98. The van der Waals surface area contributed by atoms with Crippen molar-refractivity contribution in [2.24, 2.45) is 0 Å². The maximum Gasteiger partial charge on any atom is 0.328 e. The van der Waals surface area contributed by atoms with E-state index in [0.717, 1.165) is 12.2 Å². The van der Waals surface area contributed by atoms with E-state index >= 15 is 0 Å². The van der Waals surface area contributed by atoms with Crippen LogP contribution in [0.2, 0.25) is 5.15 Å². The summed E-state index contributed by atoms with van der Waals surface area (Å²) in [6.07, 6.45) is 3.41. The molecule has 0 unspecified atom stereocenters. The van der Waals surface area contributed by atoms with E-state index in [1.165, 1.54) is 11.1 Å². The number of imidazole rings is 1. The minimum absolute atomic E-state index is 0.335. The van der Waals surface area contributed by atoms with Crippen molar-refractivity contribution in [1.82, 2.24) is 14.5 Å². The lowest BCUT2D eigenvalue weighted by Gasteiger charge is -2.26. The lowest BCUT2D eigenvalue weighted by atomic mass is 10.3. The molecule has 6 nitrogen and oxygen atoms in total. The van der Waals surface area contributed by atoms with Crippen LogP contribution >= 0.6 is 11.6 Å². The lowest BCUT2D eigenvalue weighted by molar-refractivity contribution is -0.132. The standard InChI is InChI=1S/C10H10ClN3O3/c11-7-5-12-8-6-13(3-4-14(7)8)9(15)1-2-10(16)17/h1-2,5H,3-4,6H2,(H,16,17)/b2-1+. The van der Waals surface area contributed by atoms with Gasteiger partial charge in [0.15, 0.2) is 0 Å². The number of hydrogen-bond donors (Lipinski definition) is 1. The molecular formula is C10H10ClN3O3. The molecule has 2 rings (SSSR count). The van der Waals surface area contributed by atoms with Gasteiger partial charge in [-0.15, -0.1) is 0 Å². The first-order chi connectivity index (χ1) is 8.08. The van der Waals surface area contributed by atoms with Crippen LogP contribution in [0.5, 0.6) is 0 Å². The third kappa shape index (κ3) is 2.47. The molecule has 2 heterocycles. The Morgan fingerprint density at radius 1 is 1.41 bits per heavy atom. The molecule has 0 aromatic carbocycles. The Hall–Kier alpha value is -1.82. The van der Waals surface area contributed by atoms with Crippen LogP contribution in [-0.2, 0) is 22.7 Å². The van der Waals surface area contributed by atoms with Crippen LogP contribution < -0.4 is 0 Å². The van der Waals surface area contributed by atoms with Crippen LogP contribution in [0, 0.1) is 0 Å². The molecule has 1 amide bonds. The average Bonchev–Trinajstić information content (AvgIpc) is 2.67. The van der Waals surface area contributed by atoms with Crippen molar-refractivity contribution in [2.45, 2.75) is 13.1 Å². The van der Waals surface area contributed by atoms with E-state index in [1.54, 1.807) is 0 Å². The number of hydrogen-bond acceptors (Lipinski definition) is 3. The number of carbonyl (C=O) groups is 2. The molecule has 0 aliphatic carbocycles. The van der Waals surface area contributed by atoms with Crippen molar-refractivity contribution in [3.8, 4) is 0 Å². The van der Waals surface area contributed by atoms with Gasteiger partial charge in [-0.05, 0) is 0 Å². The molecule has 0 radical (unpaired) electrons. The predicted octanol–water partition coefficient (Wildman–Crippen LogP) is 0.519. The predicted molar refractivity (Wildman–Crippen MR) is 59.4 cm³/mol. The Morgan fingerprint density at radius 3 is 2.88 bits per heavy atom. The summed E-state index contributed by atoms with van der Waals surface area (Å²) in [7, 11) is 0. The molecule has 0 saturated heterocycles. The van der Waals surface area contributed by atoms with Crippen molar-refractivity contribution < 1.29 is 14.7 Å². The van der Waals surface area contributed by atoms with E-state index in [0.29, 0.717) is 30.6 Å². The fraction of sp³-hybridized carbons (Fsp3) is 0.300. The molecule has 0 saturated carbocycles. The highest BCUT2D eigenvalue weighted by atomic mass is 35.5. The fourth-order valence-corrected chi connectivity index (χ4v) is 1.89. The molecule has 0 fully saturated rings. The van der Waals surface area contributed by atoms with Crippen molar-refractivity contribution in [1.29, 1.82) is 0 Å². The number of carboxylic acid groups (broad SMARTS) is 1. The van der Waals surface area contributed by atoms with Crippen LogP contribution in [0.3, 0.4) is 0 Å². The topological polar surface area (TPSA) is 75.4 Å². The molecule has 17 heavy (non-hydrogen) atoms. The Kier molecular flexibility index (Phi) is 3.14. The molecule has 90 valence electrons. The van der Waals surface area contributed by atoms with Crippen LogP contribution in [0.15, 0.2) is 18.3 Å². The fourth-order valence-electron chi connectivity index (χ4n) is 1.66. The maximum absolute atomic E-state index is 11.6. The van der Waals surface area contributed by atoms with Gasteiger partial charge in [0.1, 0.15) is 11.0 Å². The number of carboxylic acids is 1. The van der Waals surface area contributed by atoms with Gasteiger partial charge in [-0.1, -0.05) is 11.6 Å². The number of fused-ring (bicyclic) bond motifs is 1. The Morgan fingerprint density at radius 2 is 2.18 bits per heavy atom. The highest BCUT2D eigenvalue weighted by Crippen LogP contribution is 2.17. The van der Waals surface area contributed by atoms with E-state index < -0.39 is 5.97 Å². The molecule has 1 aromatic rings. The van der Waals surface area contributed by atoms with E-state index in [9.17, 15) is 9.59 Å². The van der Waals surface area contributed by atoms with Gasteiger partial charge in [0.2, 0.25) is 5.91 Å². The molecule has 0 spiro atoms. The maximum atomic E-state index is 11.6. The Balaban J connectivity index is 2.07. The molecule has 7 heteroatoms. The number of carbonyl (C=O) groups excluding carboxylic acids is 1. The van der Waals surface area contributed by atoms with Gasteiger partial charge in [0, 0.05) is 25.2 Å². The number of aromatic nitrogens is 2. The molecule has 1 aliphatic rings. The molecule has 1 aliphatic heterocycles. The first-order valence-corrected chi connectivity index (χ1v) is 5.35. The minimum Gasteiger partial charge on any atom is -0.478 e. The minimum atomic E-state index is -1.14. The summed E-state index contributed by atoms with van der Waals surface area (Å²) in [6, 6.07) is 0. The summed E-state index contributed by atoms with van der Waals surface area (Å²) >= 11 is 5.89. The number of rotatable bonds is 2. The van der Waals surface area contributed by atoms with Gasteiger partial charge >= 0.3 is 5.97 Å². The Labute approximate surface area is 102 Å². The van der Waals surface area contributed by atoms with Gasteiger partial charge < -0.3 is 14.6 Å². The second kappa shape index (κ2) is 4.58. The smallest absolute Gasteiger partial charge is 0.328 e. The van der Waals surface area contributed by atoms with Crippen LogP contribution in [-0.4, -0.2) is 38.0 Å². The Bertz CT molecular complexity index is 495. The summed E-state index contributed by atoms with van der Waals surface area (Å²) < 4.78 is 1.83. The van der Waals surface area contributed by atoms with Crippen molar-refractivity contribution in [3.63, 3.8) is 0 Å². The number of nitrogens with zero attached hydrogens (tertiary/aromatic N) is 3. The highest BCUT2D eigenvalue weighted by Gasteiger charge is 2.21.